The average Bonchev–Trinajstić information content (AvgIpc) is 2.91. The van der Waals surface area contributed by atoms with E-state index >= 15 is 0 Å². The van der Waals surface area contributed by atoms with Crippen LogP contribution in [0.1, 0.15) is 52.5 Å². The summed E-state index contributed by atoms with van der Waals surface area (Å²) in [5, 5.41) is 3.10. The molecule has 1 aliphatic heterocycles. The van der Waals surface area contributed by atoms with E-state index in [1.807, 2.05) is 81.4 Å². The Labute approximate surface area is 239 Å². The highest BCUT2D eigenvalue weighted by molar-refractivity contribution is 6.02. The summed E-state index contributed by atoms with van der Waals surface area (Å²) < 4.78 is 16.3. The number of aromatic nitrogens is 1. The first-order valence-corrected chi connectivity index (χ1v) is 13.9. The fourth-order valence-electron chi connectivity index (χ4n) is 5.16. The Morgan fingerprint density at radius 1 is 1.05 bits per heavy atom. The van der Waals surface area contributed by atoms with Gasteiger partial charge in [-0.2, -0.15) is 0 Å². The lowest BCUT2D eigenvalue weighted by atomic mass is 9.71. The molecule has 0 atom stereocenters. The van der Waals surface area contributed by atoms with Gasteiger partial charge in [0.1, 0.15) is 17.8 Å². The number of carbonyl (C=O) groups excluding carboxylic acids is 3. The summed E-state index contributed by atoms with van der Waals surface area (Å²) in [6, 6.07) is 19.6. The van der Waals surface area contributed by atoms with Gasteiger partial charge in [0, 0.05) is 11.1 Å². The molecule has 41 heavy (non-hydrogen) atoms. The molecule has 1 saturated carbocycles. The third-order valence-corrected chi connectivity index (χ3v) is 7.23. The number of anilines is 1. The largest absolute Gasteiger partial charge is 0.466 e. The standard InChI is InChI=1S/C32H35N3O6/c1-5-39-27(37)19-35-25-18-24(21-10-7-6-8-11-21)28(33-29(25)40-20-26(35)36)22-12-14-23(15-13-22)32(16-9-17-32)34-30(38)41-31(2,3)4/h6-8,10-15,18H,5,9,16-17,19-20H2,1-4H3,(H,34,38). The van der Waals surface area contributed by atoms with Crippen LogP contribution in [0.4, 0.5) is 10.5 Å². The third kappa shape index (κ3) is 6.04. The summed E-state index contributed by atoms with van der Waals surface area (Å²) >= 11 is 0. The summed E-state index contributed by atoms with van der Waals surface area (Å²) in [5.41, 5.74) is 3.58. The van der Waals surface area contributed by atoms with E-state index in [1.165, 1.54) is 4.90 Å². The van der Waals surface area contributed by atoms with Crippen molar-refractivity contribution in [3.63, 3.8) is 0 Å². The van der Waals surface area contributed by atoms with Crippen LogP contribution < -0.4 is 15.0 Å². The molecular formula is C32H35N3O6. The second kappa shape index (κ2) is 11.2. The maximum Gasteiger partial charge on any atom is 0.408 e. The number of benzene rings is 2. The minimum atomic E-state index is -0.580. The molecule has 0 unspecified atom stereocenters. The maximum atomic E-state index is 12.7. The van der Waals surface area contributed by atoms with Gasteiger partial charge < -0.3 is 19.5 Å². The molecule has 2 heterocycles. The van der Waals surface area contributed by atoms with E-state index in [0.29, 0.717) is 11.4 Å². The second-order valence-electron chi connectivity index (χ2n) is 11.3. The summed E-state index contributed by atoms with van der Waals surface area (Å²) in [4.78, 5) is 43.8. The minimum Gasteiger partial charge on any atom is -0.466 e. The number of hydrogen-bond donors (Lipinski definition) is 1. The molecule has 1 fully saturated rings. The molecule has 0 radical (unpaired) electrons. The van der Waals surface area contributed by atoms with Crippen LogP contribution in [-0.2, 0) is 24.6 Å². The van der Waals surface area contributed by atoms with Crippen LogP contribution in [0.5, 0.6) is 5.88 Å². The van der Waals surface area contributed by atoms with Crippen LogP contribution in [0.15, 0.2) is 60.7 Å². The number of amides is 2. The van der Waals surface area contributed by atoms with Gasteiger partial charge in [0.25, 0.3) is 5.91 Å². The van der Waals surface area contributed by atoms with Gasteiger partial charge in [-0.1, -0.05) is 54.6 Å². The van der Waals surface area contributed by atoms with Gasteiger partial charge >= 0.3 is 12.1 Å². The Hall–Kier alpha value is -4.40. The van der Waals surface area contributed by atoms with Crippen molar-refractivity contribution in [1.82, 2.24) is 10.3 Å². The number of nitrogens with zero attached hydrogens (tertiary/aromatic N) is 2. The van der Waals surface area contributed by atoms with Gasteiger partial charge in [-0.05, 0) is 64.2 Å². The van der Waals surface area contributed by atoms with Crippen molar-refractivity contribution in [3.8, 4) is 28.3 Å². The molecule has 2 amide bonds. The number of alkyl carbamates (subject to hydrolysis) is 1. The van der Waals surface area contributed by atoms with Crippen molar-refractivity contribution in [1.29, 1.82) is 0 Å². The SMILES string of the molecule is CCOC(=O)CN1C(=O)COc2nc(-c3ccc(C4(NC(=O)OC(C)(C)C)CCC4)cc3)c(-c3ccccc3)cc21. The van der Waals surface area contributed by atoms with Crippen LogP contribution in [-0.4, -0.2) is 48.3 Å². The lowest BCUT2D eigenvalue weighted by molar-refractivity contribution is -0.142. The first-order chi connectivity index (χ1) is 19.6. The van der Waals surface area contributed by atoms with Gasteiger partial charge in [0.05, 0.1) is 17.8 Å². The van der Waals surface area contributed by atoms with Crippen LogP contribution in [0.25, 0.3) is 22.4 Å². The van der Waals surface area contributed by atoms with Crippen molar-refractivity contribution in [2.24, 2.45) is 0 Å². The molecule has 0 bridgehead atoms. The quantitative estimate of drug-likeness (QED) is 0.377. The fourth-order valence-corrected chi connectivity index (χ4v) is 5.16. The summed E-state index contributed by atoms with van der Waals surface area (Å²) in [6.07, 6.45) is 2.25. The number of hydrogen-bond acceptors (Lipinski definition) is 7. The number of carbonyl (C=O) groups is 3. The molecule has 1 N–H and O–H groups in total. The van der Waals surface area contributed by atoms with E-state index in [0.717, 1.165) is 41.5 Å². The fraction of sp³-hybridized carbons (Fsp3) is 0.375. The number of esters is 1. The monoisotopic (exact) mass is 557 g/mol. The van der Waals surface area contributed by atoms with E-state index in [2.05, 4.69) is 5.32 Å². The zero-order chi connectivity index (χ0) is 29.2. The Bertz CT molecular complexity index is 1440. The van der Waals surface area contributed by atoms with Crippen LogP contribution in [0, 0.1) is 0 Å². The van der Waals surface area contributed by atoms with Crippen LogP contribution in [0.2, 0.25) is 0 Å². The van der Waals surface area contributed by atoms with E-state index in [4.69, 9.17) is 19.2 Å². The van der Waals surface area contributed by atoms with Gasteiger partial charge in [-0.15, -0.1) is 0 Å². The summed E-state index contributed by atoms with van der Waals surface area (Å²) in [5.74, 6) is -0.569. The molecule has 9 nitrogen and oxygen atoms in total. The smallest absolute Gasteiger partial charge is 0.408 e. The summed E-state index contributed by atoms with van der Waals surface area (Å²) in [7, 11) is 0. The van der Waals surface area contributed by atoms with Crippen molar-refractivity contribution in [2.75, 3.05) is 24.7 Å². The topological polar surface area (TPSA) is 107 Å². The summed E-state index contributed by atoms with van der Waals surface area (Å²) in [6.45, 7) is 7.05. The molecule has 5 rings (SSSR count). The van der Waals surface area contributed by atoms with E-state index in [9.17, 15) is 14.4 Å². The first kappa shape index (κ1) is 28.1. The Morgan fingerprint density at radius 3 is 2.37 bits per heavy atom. The third-order valence-electron chi connectivity index (χ3n) is 7.23. The minimum absolute atomic E-state index is 0.221. The lowest BCUT2D eigenvalue weighted by Crippen LogP contribution is -2.52. The second-order valence-corrected chi connectivity index (χ2v) is 11.3. The molecule has 3 aromatic rings. The van der Waals surface area contributed by atoms with Crippen LogP contribution >= 0.6 is 0 Å². The molecule has 9 heteroatoms. The molecule has 0 spiro atoms. The Kier molecular flexibility index (Phi) is 7.71. The number of nitrogens with one attached hydrogen (secondary N) is 1. The van der Waals surface area contributed by atoms with Gasteiger partial charge in [-0.25, -0.2) is 9.78 Å². The number of fused-ring (bicyclic) bond motifs is 1. The normalized spacial score (nSPS) is 15.7. The zero-order valence-electron chi connectivity index (χ0n) is 23.9. The maximum absolute atomic E-state index is 12.7. The van der Waals surface area contributed by atoms with E-state index in [-0.39, 0.29) is 31.5 Å². The number of pyridine rings is 1. The highest BCUT2D eigenvalue weighted by atomic mass is 16.6. The molecule has 2 aliphatic rings. The van der Waals surface area contributed by atoms with Gasteiger partial charge in [0.2, 0.25) is 5.88 Å². The van der Waals surface area contributed by atoms with Crippen LogP contribution in [0.3, 0.4) is 0 Å². The lowest BCUT2D eigenvalue weighted by Gasteiger charge is -2.43. The molecule has 214 valence electrons. The Morgan fingerprint density at radius 2 is 1.76 bits per heavy atom. The van der Waals surface area contributed by atoms with Crippen molar-refractivity contribution in [2.45, 2.75) is 58.1 Å². The number of rotatable bonds is 7. The van der Waals surface area contributed by atoms with E-state index in [1.54, 1.807) is 6.92 Å². The van der Waals surface area contributed by atoms with Crippen molar-refractivity contribution < 1.29 is 28.6 Å². The van der Waals surface area contributed by atoms with Crippen molar-refractivity contribution >= 4 is 23.7 Å². The highest BCUT2D eigenvalue weighted by Crippen LogP contribution is 2.44. The van der Waals surface area contributed by atoms with Gasteiger partial charge in [0.15, 0.2) is 6.61 Å². The predicted molar refractivity (Wildman–Crippen MR) is 154 cm³/mol. The molecular weight excluding hydrogens is 522 g/mol. The zero-order valence-corrected chi connectivity index (χ0v) is 23.9. The van der Waals surface area contributed by atoms with Gasteiger partial charge in [-0.3, -0.25) is 14.5 Å². The molecule has 1 aliphatic carbocycles. The molecule has 2 aromatic carbocycles. The van der Waals surface area contributed by atoms with Crippen molar-refractivity contribution in [3.05, 3.63) is 66.2 Å². The first-order valence-electron chi connectivity index (χ1n) is 13.9. The average molecular weight is 558 g/mol. The Balaban J connectivity index is 1.51. The number of ether oxygens (including phenoxy) is 3. The predicted octanol–water partition coefficient (Wildman–Crippen LogP) is 5.61. The molecule has 1 aromatic heterocycles. The molecule has 0 saturated heterocycles. The van der Waals surface area contributed by atoms with E-state index < -0.39 is 23.2 Å². The highest BCUT2D eigenvalue weighted by Gasteiger charge is 2.41.